The monoisotopic (exact) mass is 285 g/mol. The first kappa shape index (κ1) is 13.3. The maximum Gasteiger partial charge on any atom is 0.311 e. The summed E-state index contributed by atoms with van der Waals surface area (Å²) >= 11 is 0. The van der Waals surface area contributed by atoms with Crippen LogP contribution in [0.2, 0.25) is 0 Å². The Kier molecular flexibility index (Phi) is 3.17. The van der Waals surface area contributed by atoms with E-state index in [9.17, 15) is 4.79 Å². The van der Waals surface area contributed by atoms with Gasteiger partial charge in [0, 0.05) is 18.3 Å². The molecule has 108 valence electrons. The molecule has 7 heteroatoms. The standard InChI is InChI=1S/C14H15N5O2/c1-8-11(13(15)20)6-18-19-7-9(3-12(8)19)10-4-16-14(21-2)17-5-10/h3-4,6-7,10H,5H2,1-2H3,(H2,15,20). The molecule has 2 aromatic heterocycles. The molecule has 7 nitrogen and oxygen atoms in total. The van der Waals surface area contributed by atoms with Gasteiger partial charge >= 0.3 is 6.02 Å². The second-order valence-electron chi connectivity index (χ2n) is 4.86. The average molecular weight is 285 g/mol. The van der Waals surface area contributed by atoms with E-state index in [0.29, 0.717) is 18.1 Å². The van der Waals surface area contributed by atoms with E-state index in [1.165, 1.54) is 6.20 Å². The lowest BCUT2D eigenvalue weighted by molar-refractivity contribution is 0.0999. The molecule has 0 aromatic carbocycles. The van der Waals surface area contributed by atoms with Gasteiger partial charge in [-0.25, -0.2) is 14.5 Å². The number of aryl methyl sites for hydroxylation is 1. The van der Waals surface area contributed by atoms with Gasteiger partial charge in [0.05, 0.1) is 30.9 Å². The van der Waals surface area contributed by atoms with Gasteiger partial charge in [-0.05, 0) is 24.1 Å². The van der Waals surface area contributed by atoms with Crippen LogP contribution in [0.25, 0.3) is 5.52 Å². The van der Waals surface area contributed by atoms with Crippen molar-refractivity contribution in [3.63, 3.8) is 0 Å². The van der Waals surface area contributed by atoms with E-state index in [1.807, 2.05) is 25.4 Å². The number of ether oxygens (including phenoxy) is 1. The highest BCUT2D eigenvalue weighted by atomic mass is 16.5. The van der Waals surface area contributed by atoms with Crippen LogP contribution in [0.1, 0.15) is 27.4 Å². The fourth-order valence-electron chi connectivity index (χ4n) is 2.38. The predicted molar refractivity (Wildman–Crippen MR) is 79.0 cm³/mol. The smallest absolute Gasteiger partial charge is 0.311 e. The molecule has 0 aliphatic carbocycles. The molecule has 1 amide bonds. The third-order valence-electron chi connectivity index (χ3n) is 3.59. The molecule has 1 unspecified atom stereocenters. The van der Waals surface area contributed by atoms with Crippen LogP contribution in [0.5, 0.6) is 0 Å². The second-order valence-corrected chi connectivity index (χ2v) is 4.86. The summed E-state index contributed by atoms with van der Waals surface area (Å²) in [5, 5.41) is 4.22. The molecule has 1 aliphatic rings. The predicted octanol–water partition coefficient (Wildman–Crippen LogP) is 0.912. The van der Waals surface area contributed by atoms with E-state index in [-0.39, 0.29) is 5.92 Å². The van der Waals surface area contributed by atoms with Gasteiger partial charge in [-0.15, -0.1) is 0 Å². The number of aromatic nitrogens is 2. The van der Waals surface area contributed by atoms with Gasteiger partial charge in [0.2, 0.25) is 0 Å². The van der Waals surface area contributed by atoms with Gasteiger partial charge in [-0.2, -0.15) is 5.10 Å². The number of amides is 1. The maximum absolute atomic E-state index is 11.4. The molecule has 2 aromatic rings. The van der Waals surface area contributed by atoms with E-state index in [0.717, 1.165) is 16.6 Å². The first-order chi connectivity index (χ1) is 10.1. The van der Waals surface area contributed by atoms with E-state index >= 15 is 0 Å². The lowest BCUT2D eigenvalue weighted by Gasteiger charge is -2.11. The number of primary amides is 1. The summed E-state index contributed by atoms with van der Waals surface area (Å²) in [5.74, 6) is -0.402. The van der Waals surface area contributed by atoms with Gasteiger partial charge in [0.1, 0.15) is 0 Å². The van der Waals surface area contributed by atoms with Crippen molar-refractivity contribution >= 4 is 23.7 Å². The Bertz CT molecular complexity index is 775. The molecular formula is C14H15N5O2. The Morgan fingerprint density at radius 1 is 1.52 bits per heavy atom. The molecule has 0 fully saturated rings. The largest absolute Gasteiger partial charge is 0.467 e. The number of methoxy groups -OCH3 is 1. The summed E-state index contributed by atoms with van der Waals surface area (Å²) in [6.07, 6.45) is 5.21. The number of amidine groups is 1. The van der Waals surface area contributed by atoms with Crippen LogP contribution in [0.3, 0.4) is 0 Å². The molecule has 0 bridgehead atoms. The van der Waals surface area contributed by atoms with Crippen LogP contribution in [-0.4, -0.2) is 41.4 Å². The first-order valence-corrected chi connectivity index (χ1v) is 6.50. The van der Waals surface area contributed by atoms with Crippen LogP contribution in [0.15, 0.2) is 28.4 Å². The van der Waals surface area contributed by atoms with Crippen molar-refractivity contribution < 1.29 is 9.53 Å². The number of fused-ring (bicyclic) bond motifs is 1. The minimum atomic E-state index is -0.473. The molecule has 0 spiro atoms. The zero-order valence-corrected chi connectivity index (χ0v) is 11.8. The number of hydrogen-bond donors (Lipinski definition) is 1. The quantitative estimate of drug-likeness (QED) is 0.888. The Morgan fingerprint density at radius 3 is 2.95 bits per heavy atom. The molecular weight excluding hydrogens is 270 g/mol. The summed E-state index contributed by atoms with van der Waals surface area (Å²) in [6, 6.07) is 2.37. The second kappa shape index (κ2) is 5.01. The SMILES string of the molecule is COC1=NCC(c2cc3c(C)c(C(N)=O)cnn3c2)C=N1. The number of rotatable bonds is 2. The van der Waals surface area contributed by atoms with Gasteiger partial charge < -0.3 is 10.5 Å². The minimum absolute atomic E-state index is 0.0713. The summed E-state index contributed by atoms with van der Waals surface area (Å²) < 4.78 is 6.72. The molecule has 3 rings (SSSR count). The normalized spacial score (nSPS) is 17.8. The summed E-state index contributed by atoms with van der Waals surface area (Å²) in [5.41, 5.74) is 8.49. The van der Waals surface area contributed by atoms with Gasteiger partial charge in [-0.1, -0.05) is 0 Å². The van der Waals surface area contributed by atoms with Crippen molar-refractivity contribution in [2.24, 2.45) is 15.7 Å². The fraction of sp³-hybridized carbons (Fsp3) is 0.286. The maximum atomic E-state index is 11.4. The average Bonchev–Trinajstić information content (AvgIpc) is 2.92. The highest BCUT2D eigenvalue weighted by Crippen LogP contribution is 2.23. The highest BCUT2D eigenvalue weighted by Gasteiger charge is 2.18. The molecule has 1 aliphatic heterocycles. The van der Waals surface area contributed by atoms with Crippen LogP contribution < -0.4 is 5.73 Å². The van der Waals surface area contributed by atoms with Crippen molar-refractivity contribution in [2.45, 2.75) is 12.8 Å². The third-order valence-corrected chi connectivity index (χ3v) is 3.59. The van der Waals surface area contributed by atoms with Crippen molar-refractivity contribution in [3.8, 4) is 0 Å². The van der Waals surface area contributed by atoms with E-state index < -0.39 is 5.91 Å². The Hall–Kier alpha value is -2.70. The van der Waals surface area contributed by atoms with Crippen LogP contribution in [-0.2, 0) is 4.74 Å². The van der Waals surface area contributed by atoms with Crippen molar-refractivity contribution in [1.29, 1.82) is 0 Å². The van der Waals surface area contributed by atoms with Crippen molar-refractivity contribution in [3.05, 3.63) is 35.2 Å². The van der Waals surface area contributed by atoms with Crippen molar-refractivity contribution in [1.82, 2.24) is 9.61 Å². The van der Waals surface area contributed by atoms with E-state index in [2.05, 4.69) is 15.1 Å². The Labute approximate surface area is 121 Å². The summed E-state index contributed by atoms with van der Waals surface area (Å²) in [6.45, 7) is 2.43. The number of nitrogens with zero attached hydrogens (tertiary/aromatic N) is 4. The summed E-state index contributed by atoms with van der Waals surface area (Å²) in [7, 11) is 1.54. The van der Waals surface area contributed by atoms with Crippen LogP contribution in [0.4, 0.5) is 0 Å². The molecule has 3 heterocycles. The lowest BCUT2D eigenvalue weighted by Crippen LogP contribution is -2.14. The fourth-order valence-corrected chi connectivity index (χ4v) is 2.38. The molecule has 21 heavy (non-hydrogen) atoms. The number of carbonyl (C=O) groups is 1. The third kappa shape index (κ3) is 2.26. The van der Waals surface area contributed by atoms with Crippen LogP contribution in [0, 0.1) is 6.92 Å². The highest BCUT2D eigenvalue weighted by molar-refractivity contribution is 5.95. The number of aliphatic imine (C=N–C) groups is 2. The van der Waals surface area contributed by atoms with E-state index in [1.54, 1.807) is 11.6 Å². The molecule has 1 atom stereocenters. The van der Waals surface area contributed by atoms with Gasteiger partial charge in [-0.3, -0.25) is 4.79 Å². The lowest BCUT2D eigenvalue weighted by atomic mass is 10.0. The molecule has 0 saturated heterocycles. The number of carbonyl (C=O) groups excluding carboxylic acids is 1. The molecule has 0 radical (unpaired) electrons. The molecule has 2 N–H and O–H groups in total. The number of nitrogens with two attached hydrogens (primary N) is 1. The van der Waals surface area contributed by atoms with Gasteiger partial charge in [0.25, 0.3) is 5.91 Å². The zero-order chi connectivity index (χ0) is 15.0. The van der Waals surface area contributed by atoms with Crippen LogP contribution >= 0.6 is 0 Å². The first-order valence-electron chi connectivity index (χ1n) is 6.50. The Morgan fingerprint density at radius 2 is 2.33 bits per heavy atom. The number of hydrogen-bond acceptors (Lipinski definition) is 5. The van der Waals surface area contributed by atoms with Gasteiger partial charge in [0.15, 0.2) is 0 Å². The molecule has 0 saturated carbocycles. The van der Waals surface area contributed by atoms with E-state index in [4.69, 9.17) is 10.5 Å². The summed E-state index contributed by atoms with van der Waals surface area (Å²) in [4.78, 5) is 19.7. The minimum Gasteiger partial charge on any atom is -0.467 e. The zero-order valence-electron chi connectivity index (χ0n) is 11.8. The Balaban J connectivity index is 1.99. The topological polar surface area (TPSA) is 94.3 Å². The van der Waals surface area contributed by atoms with Crippen molar-refractivity contribution in [2.75, 3.05) is 13.7 Å².